The molecule has 4 aliphatic heterocycles. The van der Waals surface area contributed by atoms with E-state index in [1.807, 2.05) is 50.2 Å². The van der Waals surface area contributed by atoms with E-state index in [0.717, 1.165) is 12.0 Å². The van der Waals surface area contributed by atoms with Crippen molar-refractivity contribution in [1.82, 2.24) is 10.2 Å². The monoisotopic (exact) mass is 710 g/mol. The van der Waals surface area contributed by atoms with Gasteiger partial charge in [0.05, 0.1) is 49.2 Å². The molecule has 272 valence electrons. The lowest BCUT2D eigenvalue weighted by atomic mass is 9.82. The molecular weight excluding hydrogens is 660 g/mol. The van der Waals surface area contributed by atoms with E-state index in [0.29, 0.717) is 73.8 Å². The summed E-state index contributed by atoms with van der Waals surface area (Å²) < 4.78 is 28.9. The lowest BCUT2D eigenvalue weighted by Crippen LogP contribution is -2.49. The topological polar surface area (TPSA) is 132 Å². The summed E-state index contributed by atoms with van der Waals surface area (Å²) in [5.41, 5.74) is 1.16. The summed E-state index contributed by atoms with van der Waals surface area (Å²) >= 11 is 0. The van der Waals surface area contributed by atoms with Crippen molar-refractivity contribution in [2.24, 2.45) is 5.92 Å². The molecule has 13 heteroatoms. The normalized spacial score (nSPS) is 27.8. The zero-order chi connectivity index (χ0) is 36.0. The van der Waals surface area contributed by atoms with Crippen molar-refractivity contribution in [3.8, 4) is 5.75 Å². The number of hydrogen-bond donors (Lipinski definition) is 3. The maximum atomic E-state index is 16.4. The number of unbranched alkanes of at least 4 members (excludes halogenated alkanes) is 1. The first-order chi connectivity index (χ1) is 23.9. The number of aliphatic hydroxyl groups excluding tert-OH is 2. The molecule has 6 atom stereocenters. The van der Waals surface area contributed by atoms with Gasteiger partial charge in [-0.05, 0) is 101 Å². The highest BCUT2D eigenvalue weighted by molar-refractivity contribution is 6.72. The SMILES string of the molecule is CCOc1ccc2c(c1)CC(NCCCCO)C(=O)N2c1ccc2c(c1)[C@@]1(O[C@H](CC(=O)N3CCC[C@H]3CO)[C@@H]([Si](C)(C)F)[C@@H]1C)C(=O)N2C. The van der Waals surface area contributed by atoms with Gasteiger partial charge >= 0.3 is 0 Å². The predicted molar refractivity (Wildman–Crippen MR) is 191 cm³/mol. The van der Waals surface area contributed by atoms with Crippen LogP contribution < -0.4 is 19.9 Å². The van der Waals surface area contributed by atoms with Crippen molar-refractivity contribution in [1.29, 1.82) is 0 Å². The molecule has 4 aliphatic rings. The zero-order valence-corrected chi connectivity index (χ0v) is 30.8. The van der Waals surface area contributed by atoms with Crippen LogP contribution in [0, 0.1) is 5.92 Å². The molecule has 50 heavy (non-hydrogen) atoms. The number of amides is 3. The molecular formula is C37H51FN4O7Si. The van der Waals surface area contributed by atoms with Gasteiger partial charge < -0.3 is 38.9 Å². The zero-order valence-electron chi connectivity index (χ0n) is 29.8. The Kier molecular flexibility index (Phi) is 10.4. The molecule has 6 rings (SSSR count). The minimum atomic E-state index is -3.51. The molecule has 0 aromatic heterocycles. The Morgan fingerprint density at radius 2 is 1.90 bits per heavy atom. The minimum Gasteiger partial charge on any atom is -0.494 e. The number of aliphatic hydroxyl groups is 2. The second kappa shape index (κ2) is 14.3. The molecule has 2 aromatic rings. The van der Waals surface area contributed by atoms with Gasteiger partial charge in [-0.2, -0.15) is 0 Å². The van der Waals surface area contributed by atoms with Crippen LogP contribution in [0.3, 0.4) is 0 Å². The van der Waals surface area contributed by atoms with Gasteiger partial charge in [0.2, 0.25) is 20.2 Å². The number of carbonyl (C=O) groups is 3. The third kappa shape index (κ3) is 6.25. The molecule has 1 spiro atoms. The molecule has 0 aliphatic carbocycles. The highest BCUT2D eigenvalue weighted by Crippen LogP contribution is 2.60. The Morgan fingerprint density at radius 1 is 1.14 bits per heavy atom. The Hall–Kier alpha value is -3.36. The third-order valence-electron chi connectivity index (χ3n) is 11.1. The first-order valence-corrected chi connectivity index (χ1v) is 21.0. The summed E-state index contributed by atoms with van der Waals surface area (Å²) in [6, 6.07) is 10.3. The van der Waals surface area contributed by atoms with Gasteiger partial charge in [-0.3, -0.25) is 19.3 Å². The van der Waals surface area contributed by atoms with Crippen LogP contribution in [-0.4, -0.2) is 99.4 Å². The summed E-state index contributed by atoms with van der Waals surface area (Å²) in [4.78, 5) is 47.1. The van der Waals surface area contributed by atoms with Gasteiger partial charge in [0, 0.05) is 42.9 Å². The summed E-state index contributed by atoms with van der Waals surface area (Å²) in [6.45, 7) is 8.52. The van der Waals surface area contributed by atoms with Crippen LogP contribution >= 0.6 is 0 Å². The quantitative estimate of drug-likeness (QED) is 0.170. The van der Waals surface area contributed by atoms with Gasteiger partial charge in [0.25, 0.3) is 5.91 Å². The van der Waals surface area contributed by atoms with Crippen LogP contribution in [0.4, 0.5) is 21.2 Å². The van der Waals surface area contributed by atoms with Gasteiger partial charge in [0.1, 0.15) is 5.75 Å². The second-order valence-electron chi connectivity index (χ2n) is 14.6. The Bertz CT molecular complexity index is 1620. The summed E-state index contributed by atoms with van der Waals surface area (Å²) in [7, 11) is -1.83. The molecule has 0 saturated carbocycles. The van der Waals surface area contributed by atoms with Crippen LogP contribution in [-0.2, 0) is 31.1 Å². The lowest BCUT2D eigenvalue weighted by Gasteiger charge is -2.36. The lowest BCUT2D eigenvalue weighted by molar-refractivity contribution is -0.149. The number of carbonyl (C=O) groups excluding carboxylic acids is 3. The Morgan fingerprint density at radius 3 is 2.60 bits per heavy atom. The molecule has 11 nitrogen and oxygen atoms in total. The van der Waals surface area contributed by atoms with E-state index in [9.17, 15) is 24.6 Å². The molecule has 2 saturated heterocycles. The van der Waals surface area contributed by atoms with Crippen molar-refractivity contribution in [3.05, 3.63) is 47.5 Å². The number of fused-ring (bicyclic) bond motifs is 3. The maximum absolute atomic E-state index is 16.4. The van der Waals surface area contributed by atoms with Crippen molar-refractivity contribution in [2.45, 2.75) is 94.8 Å². The first kappa shape index (κ1) is 36.4. The third-order valence-corrected chi connectivity index (χ3v) is 13.6. The Balaban J connectivity index is 1.40. The van der Waals surface area contributed by atoms with Crippen LogP contribution in [0.2, 0.25) is 18.6 Å². The first-order valence-electron chi connectivity index (χ1n) is 18.0. The average Bonchev–Trinajstić information content (AvgIpc) is 3.74. The number of anilines is 3. The highest BCUT2D eigenvalue weighted by atomic mass is 28.4. The number of halogens is 1. The van der Waals surface area contributed by atoms with E-state index < -0.39 is 37.6 Å². The van der Waals surface area contributed by atoms with Crippen molar-refractivity contribution in [3.63, 3.8) is 0 Å². The van der Waals surface area contributed by atoms with Gasteiger partial charge in [-0.1, -0.05) is 6.92 Å². The number of likely N-dealkylation sites (N-methyl/N-ethyl adjacent to an activating group) is 1. The van der Waals surface area contributed by atoms with Gasteiger partial charge in [-0.25, -0.2) is 0 Å². The number of rotatable bonds is 12. The van der Waals surface area contributed by atoms with E-state index in [-0.39, 0.29) is 43.4 Å². The fourth-order valence-electron chi connectivity index (χ4n) is 8.84. The largest absolute Gasteiger partial charge is 0.494 e. The van der Waals surface area contributed by atoms with E-state index >= 15 is 4.11 Å². The fraction of sp³-hybridized carbons (Fsp3) is 0.595. The van der Waals surface area contributed by atoms with Crippen molar-refractivity contribution in [2.75, 3.05) is 49.8 Å². The average molecular weight is 711 g/mol. The number of nitrogens with zero attached hydrogens (tertiary/aromatic N) is 3. The van der Waals surface area contributed by atoms with E-state index in [2.05, 4.69) is 5.32 Å². The maximum Gasteiger partial charge on any atom is 0.264 e. The molecule has 3 amide bonds. The number of likely N-dealkylation sites (tertiary alicyclic amines) is 1. The van der Waals surface area contributed by atoms with E-state index in [4.69, 9.17) is 9.47 Å². The molecule has 0 bridgehead atoms. The molecule has 0 radical (unpaired) electrons. The molecule has 3 N–H and O–H groups in total. The standard InChI is InChI=1S/C37H51FN4O7Si/c1-6-48-27-12-14-30-24(18-27)19-29(39-15-7-8-17-43)35(46)42(30)25-11-13-31-28(20-25)37(36(47)40(31)3)23(2)34(50(4,5)38)32(49-37)21-33(45)41-16-9-10-26(41)22-44/h11-14,18,20,23,26,29,32,34,39,43-44H,6-10,15-17,19,21-22H2,1-5H3/t23-,26-,29?,32+,34-,37+/m0/s1. The second-order valence-corrected chi connectivity index (χ2v) is 18.4. The van der Waals surface area contributed by atoms with E-state index in [1.54, 1.807) is 29.9 Å². The van der Waals surface area contributed by atoms with Gasteiger partial charge in [0.15, 0.2) is 5.60 Å². The Labute approximate surface area is 294 Å². The summed E-state index contributed by atoms with van der Waals surface area (Å²) in [5.74, 6) is -0.562. The van der Waals surface area contributed by atoms with Crippen LogP contribution in [0.25, 0.3) is 0 Å². The predicted octanol–water partition coefficient (Wildman–Crippen LogP) is 4.16. The van der Waals surface area contributed by atoms with Crippen molar-refractivity contribution >= 4 is 43.2 Å². The summed E-state index contributed by atoms with van der Waals surface area (Å²) in [5, 5.41) is 22.5. The number of hydrogen-bond acceptors (Lipinski definition) is 8. The molecule has 4 heterocycles. The number of ether oxygens (including phenoxy) is 2. The molecule has 1 unspecified atom stereocenters. The number of nitrogens with one attached hydrogen (secondary N) is 1. The van der Waals surface area contributed by atoms with Crippen LogP contribution in [0.5, 0.6) is 5.75 Å². The number of benzene rings is 2. The molecule has 2 fully saturated rings. The van der Waals surface area contributed by atoms with E-state index in [1.165, 1.54) is 4.90 Å². The van der Waals surface area contributed by atoms with Crippen molar-refractivity contribution < 1.29 is 38.2 Å². The molecule has 2 aromatic carbocycles. The van der Waals surface area contributed by atoms with Gasteiger partial charge in [-0.15, -0.1) is 0 Å². The van der Waals surface area contributed by atoms with Crippen LogP contribution in [0.1, 0.15) is 57.1 Å². The minimum absolute atomic E-state index is 0.0800. The smallest absolute Gasteiger partial charge is 0.264 e. The summed E-state index contributed by atoms with van der Waals surface area (Å²) in [6.07, 6.45) is 2.39. The fourth-order valence-corrected chi connectivity index (χ4v) is 11.3. The highest BCUT2D eigenvalue weighted by Gasteiger charge is 2.66. The van der Waals surface area contributed by atoms with Crippen LogP contribution in [0.15, 0.2) is 36.4 Å².